The van der Waals surface area contributed by atoms with Crippen molar-refractivity contribution in [3.8, 4) is 40.0 Å². The molecule has 10 heteroatoms. The van der Waals surface area contributed by atoms with E-state index >= 15 is 0 Å². The first-order chi connectivity index (χ1) is 19.6. The Morgan fingerprint density at radius 3 is 2.50 bits per heavy atom. The molecule has 0 aliphatic carbocycles. The van der Waals surface area contributed by atoms with Gasteiger partial charge in [-0.15, -0.1) is 0 Å². The molecule has 198 valence electrons. The fourth-order valence-electron chi connectivity index (χ4n) is 4.80. The number of hydrogen-bond acceptors (Lipinski definition) is 8. The molecule has 0 bridgehead atoms. The van der Waals surface area contributed by atoms with E-state index in [1.807, 2.05) is 41.3 Å². The Morgan fingerprint density at radius 1 is 0.850 bits per heavy atom. The molecule has 0 saturated carbocycles. The SMILES string of the molecule is N#Cc1cccc(-c2ccc(=O)n(Cc3cccc(-c4ncc(-c5cnn(CCN6CCCC6)c5)cn4)n3)n2)c1. The van der Waals surface area contributed by atoms with Crippen molar-refractivity contribution < 1.29 is 0 Å². The number of benzene rings is 1. The summed E-state index contributed by atoms with van der Waals surface area (Å²) in [6.07, 6.45) is 10.0. The smallest absolute Gasteiger partial charge is 0.267 e. The predicted octanol–water partition coefficient (Wildman–Crippen LogP) is 3.64. The highest BCUT2D eigenvalue weighted by Gasteiger charge is 2.12. The van der Waals surface area contributed by atoms with E-state index < -0.39 is 0 Å². The van der Waals surface area contributed by atoms with Gasteiger partial charge in [-0.1, -0.05) is 18.2 Å². The third-order valence-corrected chi connectivity index (χ3v) is 6.96. The van der Waals surface area contributed by atoms with Crippen LogP contribution in [0.1, 0.15) is 24.1 Å². The average Bonchev–Trinajstić information content (AvgIpc) is 3.70. The minimum absolute atomic E-state index is 0.188. The maximum Gasteiger partial charge on any atom is 0.267 e. The summed E-state index contributed by atoms with van der Waals surface area (Å²) >= 11 is 0. The van der Waals surface area contributed by atoms with Gasteiger partial charge in [-0.05, 0) is 56.3 Å². The fourth-order valence-corrected chi connectivity index (χ4v) is 4.80. The van der Waals surface area contributed by atoms with Crippen LogP contribution in [0.25, 0.3) is 33.9 Å². The molecule has 1 aromatic carbocycles. The molecular weight excluding hydrogens is 502 g/mol. The first-order valence-corrected chi connectivity index (χ1v) is 13.3. The summed E-state index contributed by atoms with van der Waals surface area (Å²) in [5.41, 5.74) is 4.78. The van der Waals surface area contributed by atoms with Crippen molar-refractivity contribution in [1.82, 2.24) is 39.4 Å². The van der Waals surface area contributed by atoms with Crippen LogP contribution in [0.3, 0.4) is 0 Å². The number of nitrogens with zero attached hydrogens (tertiary/aromatic N) is 9. The van der Waals surface area contributed by atoms with E-state index in [9.17, 15) is 10.1 Å². The molecule has 0 amide bonds. The summed E-state index contributed by atoms with van der Waals surface area (Å²) in [6, 6.07) is 17.9. The zero-order chi connectivity index (χ0) is 27.3. The zero-order valence-electron chi connectivity index (χ0n) is 21.9. The van der Waals surface area contributed by atoms with Crippen molar-refractivity contribution in [3.63, 3.8) is 0 Å². The number of aromatic nitrogens is 7. The summed E-state index contributed by atoms with van der Waals surface area (Å²) in [4.78, 5) is 28.8. The summed E-state index contributed by atoms with van der Waals surface area (Å²) in [5.74, 6) is 0.495. The average molecular weight is 530 g/mol. The topological polar surface area (TPSA) is 118 Å². The van der Waals surface area contributed by atoms with E-state index in [4.69, 9.17) is 0 Å². The van der Waals surface area contributed by atoms with Crippen LogP contribution in [0.4, 0.5) is 0 Å². The molecular formula is C30H27N9O. The van der Waals surface area contributed by atoms with E-state index in [2.05, 4.69) is 36.1 Å². The quantitative estimate of drug-likeness (QED) is 0.299. The van der Waals surface area contributed by atoms with Gasteiger partial charge in [0.1, 0.15) is 5.69 Å². The molecule has 0 unspecified atom stereocenters. The van der Waals surface area contributed by atoms with Gasteiger partial charge in [-0.25, -0.2) is 19.6 Å². The second-order valence-corrected chi connectivity index (χ2v) is 9.76. The molecule has 5 aromatic rings. The van der Waals surface area contributed by atoms with E-state index in [0.29, 0.717) is 28.5 Å². The molecule has 1 aliphatic rings. The van der Waals surface area contributed by atoms with Crippen LogP contribution in [-0.4, -0.2) is 59.0 Å². The number of nitriles is 1. The predicted molar refractivity (Wildman–Crippen MR) is 150 cm³/mol. The van der Waals surface area contributed by atoms with Crippen LogP contribution in [0.15, 0.2) is 84.2 Å². The fraction of sp³-hybridized carbons (Fsp3) is 0.233. The van der Waals surface area contributed by atoms with Gasteiger partial charge in [0, 0.05) is 47.9 Å². The van der Waals surface area contributed by atoms with Crippen LogP contribution >= 0.6 is 0 Å². The molecule has 40 heavy (non-hydrogen) atoms. The molecule has 0 atom stereocenters. The maximum atomic E-state index is 12.6. The lowest BCUT2D eigenvalue weighted by Gasteiger charge is -2.13. The second-order valence-electron chi connectivity index (χ2n) is 9.76. The minimum atomic E-state index is -0.242. The van der Waals surface area contributed by atoms with Crippen molar-refractivity contribution in [1.29, 1.82) is 5.26 Å². The molecule has 0 N–H and O–H groups in total. The summed E-state index contributed by atoms with van der Waals surface area (Å²) in [7, 11) is 0. The van der Waals surface area contributed by atoms with Crippen molar-refractivity contribution in [2.75, 3.05) is 19.6 Å². The monoisotopic (exact) mass is 529 g/mol. The van der Waals surface area contributed by atoms with Crippen molar-refractivity contribution in [2.24, 2.45) is 0 Å². The molecule has 1 aliphatic heterocycles. The van der Waals surface area contributed by atoms with Crippen LogP contribution in [0.2, 0.25) is 0 Å². The lowest BCUT2D eigenvalue weighted by Crippen LogP contribution is -2.24. The third kappa shape index (κ3) is 5.70. The first kappa shape index (κ1) is 25.3. The molecule has 1 fully saturated rings. The molecule has 0 spiro atoms. The zero-order valence-corrected chi connectivity index (χ0v) is 21.9. The van der Waals surface area contributed by atoms with Crippen LogP contribution in [0, 0.1) is 11.3 Å². The van der Waals surface area contributed by atoms with Gasteiger partial charge in [0.05, 0.1) is 42.3 Å². The van der Waals surface area contributed by atoms with Gasteiger partial charge >= 0.3 is 0 Å². The Kier molecular flexibility index (Phi) is 7.20. The van der Waals surface area contributed by atoms with Gasteiger partial charge in [-0.2, -0.15) is 15.5 Å². The van der Waals surface area contributed by atoms with E-state index in [1.165, 1.54) is 36.7 Å². The lowest BCUT2D eigenvalue weighted by molar-refractivity contribution is 0.316. The highest BCUT2D eigenvalue weighted by atomic mass is 16.1. The molecule has 6 rings (SSSR count). The third-order valence-electron chi connectivity index (χ3n) is 6.96. The number of pyridine rings is 1. The molecule has 10 nitrogen and oxygen atoms in total. The number of likely N-dealkylation sites (tertiary alicyclic amines) is 1. The second kappa shape index (κ2) is 11.4. The summed E-state index contributed by atoms with van der Waals surface area (Å²) in [6.45, 7) is 4.42. The summed E-state index contributed by atoms with van der Waals surface area (Å²) < 4.78 is 3.34. The Bertz CT molecular complexity index is 1730. The first-order valence-electron chi connectivity index (χ1n) is 13.3. The van der Waals surface area contributed by atoms with Crippen molar-refractivity contribution >= 4 is 0 Å². The highest BCUT2D eigenvalue weighted by molar-refractivity contribution is 5.62. The van der Waals surface area contributed by atoms with Crippen molar-refractivity contribution in [3.05, 3.63) is 101 Å². The Labute approximate surface area is 231 Å². The van der Waals surface area contributed by atoms with E-state index in [1.54, 1.807) is 36.7 Å². The van der Waals surface area contributed by atoms with Gasteiger partial charge in [0.25, 0.3) is 5.56 Å². The normalized spacial score (nSPS) is 13.4. The van der Waals surface area contributed by atoms with Gasteiger partial charge in [-0.3, -0.25) is 9.48 Å². The molecule has 5 heterocycles. The van der Waals surface area contributed by atoms with Crippen molar-refractivity contribution in [2.45, 2.75) is 25.9 Å². The largest absolute Gasteiger partial charge is 0.301 e. The Balaban J connectivity index is 1.16. The van der Waals surface area contributed by atoms with E-state index in [-0.39, 0.29) is 12.1 Å². The molecule has 0 radical (unpaired) electrons. The molecule has 1 saturated heterocycles. The van der Waals surface area contributed by atoms with Crippen LogP contribution in [0.5, 0.6) is 0 Å². The number of rotatable bonds is 8. The van der Waals surface area contributed by atoms with Crippen LogP contribution in [-0.2, 0) is 13.1 Å². The van der Waals surface area contributed by atoms with Crippen LogP contribution < -0.4 is 5.56 Å². The standard InChI is InChI=1S/C30H27N9O/c31-16-22-5-3-6-23(15-22)27-9-10-29(40)39(36-27)21-26-7-4-8-28(35-26)30-32-17-24(18-33-30)25-19-34-38(20-25)14-13-37-11-1-2-12-37/h3-10,15,17-20H,1-2,11-14,21H2. The maximum absolute atomic E-state index is 12.6. The van der Waals surface area contributed by atoms with Gasteiger partial charge in [0.15, 0.2) is 5.82 Å². The lowest BCUT2D eigenvalue weighted by atomic mass is 10.1. The van der Waals surface area contributed by atoms with Gasteiger partial charge in [0.2, 0.25) is 0 Å². The number of hydrogen-bond donors (Lipinski definition) is 0. The van der Waals surface area contributed by atoms with E-state index in [0.717, 1.165) is 29.8 Å². The minimum Gasteiger partial charge on any atom is -0.301 e. The Morgan fingerprint density at radius 2 is 1.68 bits per heavy atom. The van der Waals surface area contributed by atoms with Gasteiger partial charge < -0.3 is 4.90 Å². The Hall–Kier alpha value is -5.01. The highest BCUT2D eigenvalue weighted by Crippen LogP contribution is 2.20. The molecule has 4 aromatic heterocycles. The summed E-state index contributed by atoms with van der Waals surface area (Å²) in [5, 5.41) is 18.2.